The fraction of sp³-hybridized carbons (Fsp3) is 0. The molecule has 0 radical (unpaired) electrons. The number of nitro benzene ring substituents is 1. The van der Waals surface area contributed by atoms with E-state index in [2.05, 4.69) is 5.32 Å². The number of rotatable bonds is 5. The van der Waals surface area contributed by atoms with E-state index >= 15 is 0 Å². The van der Waals surface area contributed by atoms with Gasteiger partial charge < -0.3 is 9.73 Å². The number of carbonyl (C=O) groups excluding carboxylic acids is 1. The summed E-state index contributed by atoms with van der Waals surface area (Å²) in [6.07, 6.45) is 1.31. The van der Waals surface area contributed by atoms with Gasteiger partial charge in [0.15, 0.2) is 0 Å². The van der Waals surface area contributed by atoms with Gasteiger partial charge in [0.1, 0.15) is 23.2 Å². The molecule has 0 aliphatic carbocycles. The Hall–Kier alpha value is -3.89. The first kappa shape index (κ1) is 18.9. The molecule has 138 valence electrons. The number of nitrogens with zero attached hydrogens (tertiary/aromatic N) is 2. The van der Waals surface area contributed by atoms with E-state index in [9.17, 15) is 20.2 Å². The van der Waals surface area contributed by atoms with Gasteiger partial charge in [0, 0.05) is 34.5 Å². The molecule has 0 saturated heterocycles. The Bertz CT molecular complexity index is 1110. The average Bonchev–Trinajstić information content (AvgIpc) is 3.15. The first-order valence-electron chi connectivity index (χ1n) is 7.99. The van der Waals surface area contributed by atoms with Crippen LogP contribution in [0.5, 0.6) is 0 Å². The van der Waals surface area contributed by atoms with Crippen molar-refractivity contribution < 1.29 is 14.1 Å². The number of non-ortho nitro benzene ring substituents is 1. The second kappa shape index (κ2) is 8.20. The van der Waals surface area contributed by atoms with Crippen LogP contribution in [-0.4, -0.2) is 10.8 Å². The largest absolute Gasteiger partial charge is 0.457 e. The third-order valence-electron chi connectivity index (χ3n) is 3.72. The molecule has 1 aromatic heterocycles. The first-order valence-corrected chi connectivity index (χ1v) is 8.37. The summed E-state index contributed by atoms with van der Waals surface area (Å²) < 4.78 is 5.66. The van der Waals surface area contributed by atoms with Gasteiger partial charge in [0.2, 0.25) is 0 Å². The molecule has 0 atom stereocenters. The number of halogens is 1. The molecule has 1 heterocycles. The van der Waals surface area contributed by atoms with E-state index in [1.54, 1.807) is 30.3 Å². The third kappa shape index (κ3) is 4.44. The molecule has 0 spiro atoms. The third-order valence-corrected chi connectivity index (χ3v) is 3.96. The summed E-state index contributed by atoms with van der Waals surface area (Å²) in [4.78, 5) is 22.4. The van der Waals surface area contributed by atoms with Crippen LogP contribution in [0.3, 0.4) is 0 Å². The lowest BCUT2D eigenvalue weighted by molar-refractivity contribution is -0.384. The molecule has 1 N–H and O–H groups in total. The zero-order chi connectivity index (χ0) is 20.1. The number of nitriles is 1. The van der Waals surface area contributed by atoms with Crippen molar-refractivity contribution in [2.75, 3.05) is 5.32 Å². The highest BCUT2D eigenvalue weighted by molar-refractivity contribution is 6.30. The highest BCUT2D eigenvalue weighted by atomic mass is 35.5. The molecule has 0 aliphatic heterocycles. The maximum atomic E-state index is 12.3. The highest BCUT2D eigenvalue weighted by Crippen LogP contribution is 2.26. The molecule has 28 heavy (non-hydrogen) atoms. The first-order chi connectivity index (χ1) is 13.5. The maximum Gasteiger partial charge on any atom is 0.269 e. The van der Waals surface area contributed by atoms with Gasteiger partial charge in [-0.15, -0.1) is 0 Å². The fourth-order valence-electron chi connectivity index (χ4n) is 2.38. The number of nitrogens with one attached hydrogen (secondary N) is 1. The van der Waals surface area contributed by atoms with Crippen molar-refractivity contribution >= 4 is 35.0 Å². The van der Waals surface area contributed by atoms with Gasteiger partial charge >= 0.3 is 0 Å². The number of furan rings is 1. The lowest BCUT2D eigenvalue weighted by atomic mass is 10.2. The Kier molecular flexibility index (Phi) is 5.53. The Morgan fingerprint density at radius 1 is 1.18 bits per heavy atom. The molecule has 0 saturated carbocycles. The molecule has 8 heteroatoms. The number of anilines is 1. The van der Waals surface area contributed by atoms with E-state index in [4.69, 9.17) is 16.0 Å². The molecule has 1 amide bonds. The number of carbonyl (C=O) groups is 1. The maximum absolute atomic E-state index is 12.3. The summed E-state index contributed by atoms with van der Waals surface area (Å²) in [6, 6.07) is 17.5. The van der Waals surface area contributed by atoms with Crippen molar-refractivity contribution in [1.29, 1.82) is 5.26 Å². The van der Waals surface area contributed by atoms with Crippen LogP contribution in [0.25, 0.3) is 17.4 Å². The quantitative estimate of drug-likeness (QED) is 0.282. The normalized spacial score (nSPS) is 10.9. The molecule has 7 nitrogen and oxygen atoms in total. The van der Waals surface area contributed by atoms with E-state index in [1.165, 1.54) is 30.3 Å². The lowest BCUT2D eigenvalue weighted by Crippen LogP contribution is -2.13. The number of hydrogen-bond acceptors (Lipinski definition) is 5. The highest BCUT2D eigenvalue weighted by Gasteiger charge is 2.12. The van der Waals surface area contributed by atoms with Crippen molar-refractivity contribution in [3.63, 3.8) is 0 Å². The van der Waals surface area contributed by atoms with Gasteiger partial charge in [0.05, 0.1) is 4.92 Å². The minimum Gasteiger partial charge on any atom is -0.457 e. The van der Waals surface area contributed by atoms with Gasteiger partial charge in [-0.05, 0) is 36.4 Å². The van der Waals surface area contributed by atoms with Crippen molar-refractivity contribution in [2.24, 2.45) is 0 Å². The number of benzene rings is 2. The number of amides is 1. The van der Waals surface area contributed by atoms with E-state index in [1.807, 2.05) is 12.1 Å². The Morgan fingerprint density at radius 3 is 2.57 bits per heavy atom. The van der Waals surface area contributed by atoms with Crippen molar-refractivity contribution in [3.05, 3.63) is 87.1 Å². The topological polar surface area (TPSA) is 109 Å². The molecule has 0 aliphatic rings. The van der Waals surface area contributed by atoms with Gasteiger partial charge in [-0.25, -0.2) is 0 Å². The summed E-state index contributed by atoms with van der Waals surface area (Å²) in [5.74, 6) is 0.212. The van der Waals surface area contributed by atoms with Crippen molar-refractivity contribution in [2.45, 2.75) is 0 Å². The lowest BCUT2D eigenvalue weighted by Gasteiger charge is -2.03. The average molecular weight is 394 g/mol. The molecule has 2 aromatic carbocycles. The molecular weight excluding hydrogens is 382 g/mol. The van der Waals surface area contributed by atoms with Crippen LogP contribution in [0.1, 0.15) is 5.76 Å². The summed E-state index contributed by atoms with van der Waals surface area (Å²) in [5.41, 5.74) is 0.820. The fourth-order valence-corrected chi connectivity index (χ4v) is 2.57. The van der Waals surface area contributed by atoms with E-state index in [0.29, 0.717) is 22.2 Å². The van der Waals surface area contributed by atoms with Crippen LogP contribution in [-0.2, 0) is 4.79 Å². The predicted molar refractivity (Wildman–Crippen MR) is 104 cm³/mol. The minimum absolute atomic E-state index is 0.0989. The van der Waals surface area contributed by atoms with Crippen LogP contribution in [0, 0.1) is 21.4 Å². The molecule has 0 bridgehead atoms. The van der Waals surface area contributed by atoms with Crippen molar-refractivity contribution in [1.82, 2.24) is 0 Å². The van der Waals surface area contributed by atoms with Crippen LogP contribution in [0.4, 0.5) is 11.4 Å². The van der Waals surface area contributed by atoms with E-state index < -0.39 is 10.8 Å². The van der Waals surface area contributed by atoms with Gasteiger partial charge in [-0.2, -0.15) is 5.26 Å². The Balaban J connectivity index is 1.77. The number of nitro groups is 1. The number of hydrogen-bond donors (Lipinski definition) is 1. The van der Waals surface area contributed by atoms with Crippen molar-refractivity contribution in [3.8, 4) is 17.4 Å². The summed E-state index contributed by atoms with van der Waals surface area (Å²) in [7, 11) is 0. The predicted octanol–water partition coefficient (Wildman–Crippen LogP) is 5.05. The van der Waals surface area contributed by atoms with Gasteiger partial charge in [-0.1, -0.05) is 23.7 Å². The molecule has 0 unspecified atom stereocenters. The van der Waals surface area contributed by atoms with Crippen LogP contribution in [0.2, 0.25) is 5.02 Å². The molecule has 0 fully saturated rings. The minimum atomic E-state index is -0.656. The SMILES string of the molecule is N#CC(=Cc1ccc(-c2cccc(Cl)c2)o1)C(=O)Nc1ccc([N+](=O)[O-])cc1. The molecule has 3 aromatic rings. The van der Waals surface area contributed by atoms with Gasteiger partial charge in [-0.3, -0.25) is 14.9 Å². The van der Waals surface area contributed by atoms with E-state index in [-0.39, 0.29) is 11.3 Å². The van der Waals surface area contributed by atoms with Crippen LogP contribution < -0.4 is 5.32 Å². The zero-order valence-electron chi connectivity index (χ0n) is 14.3. The van der Waals surface area contributed by atoms with Crippen LogP contribution in [0.15, 0.2) is 70.7 Å². The summed E-state index contributed by atoms with van der Waals surface area (Å²) >= 11 is 5.97. The zero-order valence-corrected chi connectivity index (χ0v) is 15.0. The van der Waals surface area contributed by atoms with Crippen LogP contribution >= 0.6 is 11.6 Å². The summed E-state index contributed by atoms with van der Waals surface area (Å²) in [5, 5.41) is 23.0. The second-order valence-electron chi connectivity index (χ2n) is 5.64. The molecular formula is C20H12ClN3O4. The second-order valence-corrected chi connectivity index (χ2v) is 6.08. The Labute approximate surface area is 164 Å². The Morgan fingerprint density at radius 2 is 1.93 bits per heavy atom. The summed E-state index contributed by atoms with van der Waals surface area (Å²) in [6.45, 7) is 0. The van der Waals surface area contributed by atoms with Gasteiger partial charge in [0.25, 0.3) is 11.6 Å². The standard InChI is InChI=1S/C20H12ClN3O4/c21-15-3-1-2-13(10-15)19-9-8-18(28-19)11-14(12-22)20(25)23-16-4-6-17(7-5-16)24(26)27/h1-11H,(H,23,25). The smallest absolute Gasteiger partial charge is 0.269 e. The van der Waals surface area contributed by atoms with E-state index in [0.717, 1.165) is 5.56 Å². The molecule has 3 rings (SSSR count). The monoisotopic (exact) mass is 393 g/mol.